The number of hydrogen-bond donors (Lipinski definition) is 0. The normalized spacial score (nSPS) is 23.9. The van der Waals surface area contributed by atoms with Crippen LogP contribution in [0.1, 0.15) is 72.8 Å². The molecular weight excluding hydrogens is 372 g/mol. The van der Waals surface area contributed by atoms with Gasteiger partial charge < -0.3 is 18.9 Å². The zero-order valence-electron chi connectivity index (χ0n) is 18.7. The number of carbonyl (C=O) groups is 1. The lowest BCUT2D eigenvalue weighted by Crippen LogP contribution is -2.42. The lowest BCUT2D eigenvalue weighted by molar-refractivity contribution is 0.00578. The van der Waals surface area contributed by atoms with E-state index in [1.807, 2.05) is 54.5 Å². The molecule has 2 aliphatic heterocycles. The molecule has 2 heterocycles. The third-order valence-corrected chi connectivity index (χ3v) is 6.06. The molecule has 160 valence electrons. The predicted octanol–water partition coefficient (Wildman–Crippen LogP) is 4.24. The van der Waals surface area contributed by atoms with Gasteiger partial charge in [0.1, 0.15) is 11.4 Å². The first-order chi connectivity index (χ1) is 13.3. The molecule has 1 atom stereocenters. The number of rotatable bonds is 2. The summed E-state index contributed by atoms with van der Waals surface area (Å²) in [6.07, 6.45) is 1.32. The maximum absolute atomic E-state index is 15.0. The molecule has 0 aliphatic carbocycles. The Hall–Kier alpha value is -1.60. The third-order valence-electron chi connectivity index (χ3n) is 6.06. The highest BCUT2D eigenvalue weighted by atomic mass is 19.1. The van der Waals surface area contributed by atoms with Gasteiger partial charge in [-0.25, -0.2) is 9.18 Å². The molecular formula is C22H33BFNO4. The molecule has 1 aromatic carbocycles. The summed E-state index contributed by atoms with van der Waals surface area (Å²) in [5, 5.41) is 0. The summed E-state index contributed by atoms with van der Waals surface area (Å²) in [5.41, 5.74) is -0.184. The number of amides is 1. The van der Waals surface area contributed by atoms with E-state index in [1.165, 1.54) is 6.07 Å². The predicted molar refractivity (Wildman–Crippen MR) is 112 cm³/mol. The average molecular weight is 405 g/mol. The van der Waals surface area contributed by atoms with Gasteiger partial charge in [-0.3, -0.25) is 0 Å². The number of likely N-dealkylation sites (tertiary alicyclic amines) is 1. The van der Waals surface area contributed by atoms with E-state index in [0.29, 0.717) is 24.1 Å². The molecule has 0 bridgehead atoms. The molecule has 0 radical (unpaired) electrons. The van der Waals surface area contributed by atoms with Crippen molar-refractivity contribution in [1.29, 1.82) is 0 Å². The number of nitrogens with zero attached hydrogens (tertiary/aromatic N) is 1. The smallest absolute Gasteiger partial charge is 0.444 e. The Morgan fingerprint density at radius 2 is 1.83 bits per heavy atom. The molecule has 0 spiro atoms. The highest BCUT2D eigenvalue weighted by molar-refractivity contribution is 6.62. The standard InChI is InChI=1S/C22H33BFNO4/c1-20(2,3)27-19(26)25-12-8-9-15(14-25)17-11-10-16(13-18(17)24)23-28-21(4,5)22(6,7)29-23/h10-11,13,15H,8-9,12,14H2,1-7H3. The van der Waals surface area contributed by atoms with E-state index in [-0.39, 0.29) is 17.8 Å². The van der Waals surface area contributed by atoms with Gasteiger partial charge in [-0.15, -0.1) is 0 Å². The largest absolute Gasteiger partial charge is 0.494 e. The van der Waals surface area contributed by atoms with E-state index >= 15 is 4.39 Å². The van der Waals surface area contributed by atoms with E-state index < -0.39 is 23.9 Å². The Balaban J connectivity index is 1.73. The van der Waals surface area contributed by atoms with Crippen molar-refractivity contribution in [3.63, 3.8) is 0 Å². The van der Waals surface area contributed by atoms with Crippen molar-refractivity contribution in [2.75, 3.05) is 13.1 Å². The van der Waals surface area contributed by atoms with Crippen LogP contribution in [0.5, 0.6) is 0 Å². The summed E-state index contributed by atoms with van der Waals surface area (Å²) in [7, 11) is -0.590. The Morgan fingerprint density at radius 1 is 1.21 bits per heavy atom. The maximum atomic E-state index is 15.0. The zero-order chi connectivity index (χ0) is 21.6. The molecule has 1 amide bonds. The third kappa shape index (κ3) is 4.77. The number of ether oxygens (including phenoxy) is 1. The number of benzene rings is 1. The van der Waals surface area contributed by atoms with Crippen molar-refractivity contribution in [3.05, 3.63) is 29.6 Å². The van der Waals surface area contributed by atoms with E-state index in [1.54, 1.807) is 11.0 Å². The number of piperidine rings is 1. The van der Waals surface area contributed by atoms with Gasteiger partial charge in [0.2, 0.25) is 0 Å². The topological polar surface area (TPSA) is 48.0 Å². The Labute approximate surface area is 174 Å². The van der Waals surface area contributed by atoms with Crippen LogP contribution in [0.4, 0.5) is 9.18 Å². The van der Waals surface area contributed by atoms with Crippen LogP contribution in [0.3, 0.4) is 0 Å². The first-order valence-electron chi connectivity index (χ1n) is 10.4. The molecule has 2 fully saturated rings. The Bertz CT molecular complexity index is 759. The second-order valence-electron chi connectivity index (χ2n) is 10.1. The lowest BCUT2D eigenvalue weighted by atomic mass is 9.77. The monoisotopic (exact) mass is 405 g/mol. The fraction of sp³-hybridized carbons (Fsp3) is 0.682. The summed E-state index contributed by atoms with van der Waals surface area (Å²) in [5.74, 6) is -0.336. The fourth-order valence-corrected chi connectivity index (χ4v) is 3.72. The molecule has 0 N–H and O–H groups in total. The first-order valence-corrected chi connectivity index (χ1v) is 10.4. The van der Waals surface area contributed by atoms with Crippen molar-refractivity contribution in [3.8, 4) is 0 Å². The van der Waals surface area contributed by atoms with Crippen LogP contribution in [-0.2, 0) is 14.0 Å². The van der Waals surface area contributed by atoms with Crippen LogP contribution in [0.15, 0.2) is 18.2 Å². The van der Waals surface area contributed by atoms with E-state index in [0.717, 1.165) is 12.8 Å². The number of hydrogen-bond acceptors (Lipinski definition) is 4. The molecule has 0 saturated carbocycles. The summed E-state index contributed by atoms with van der Waals surface area (Å²) >= 11 is 0. The van der Waals surface area contributed by atoms with Gasteiger partial charge in [0.05, 0.1) is 11.2 Å². The molecule has 1 unspecified atom stereocenters. The van der Waals surface area contributed by atoms with E-state index in [2.05, 4.69) is 0 Å². The van der Waals surface area contributed by atoms with Crippen LogP contribution in [0.2, 0.25) is 0 Å². The van der Waals surface area contributed by atoms with Gasteiger partial charge in [0.15, 0.2) is 0 Å². The minimum absolute atomic E-state index is 0.0522. The maximum Gasteiger partial charge on any atom is 0.494 e. The fourth-order valence-electron chi connectivity index (χ4n) is 3.72. The van der Waals surface area contributed by atoms with Crippen LogP contribution in [0, 0.1) is 5.82 Å². The molecule has 5 nitrogen and oxygen atoms in total. The molecule has 3 rings (SSSR count). The van der Waals surface area contributed by atoms with Crippen LogP contribution in [-0.4, -0.2) is 48.0 Å². The lowest BCUT2D eigenvalue weighted by Gasteiger charge is -2.34. The van der Waals surface area contributed by atoms with Crippen molar-refractivity contribution >= 4 is 18.7 Å². The SMILES string of the molecule is CC(C)(C)OC(=O)N1CCCC(c2ccc(B3OC(C)(C)C(C)(C)O3)cc2F)C1. The van der Waals surface area contributed by atoms with Crippen molar-refractivity contribution in [1.82, 2.24) is 4.90 Å². The van der Waals surface area contributed by atoms with Crippen LogP contribution in [0.25, 0.3) is 0 Å². The van der Waals surface area contributed by atoms with Crippen LogP contribution < -0.4 is 5.46 Å². The quantitative estimate of drug-likeness (QED) is 0.691. The van der Waals surface area contributed by atoms with Gasteiger partial charge in [-0.2, -0.15) is 0 Å². The summed E-state index contributed by atoms with van der Waals surface area (Å²) in [4.78, 5) is 14.1. The highest BCUT2D eigenvalue weighted by Gasteiger charge is 2.51. The average Bonchev–Trinajstić information content (AvgIpc) is 2.81. The summed E-state index contributed by atoms with van der Waals surface area (Å²) < 4.78 is 32.6. The molecule has 2 aliphatic rings. The molecule has 1 aromatic rings. The minimum Gasteiger partial charge on any atom is -0.444 e. The molecule has 2 saturated heterocycles. The number of halogens is 1. The number of carbonyl (C=O) groups excluding carboxylic acids is 1. The van der Waals surface area contributed by atoms with Gasteiger partial charge in [-0.1, -0.05) is 12.1 Å². The van der Waals surface area contributed by atoms with Gasteiger partial charge >= 0.3 is 13.2 Å². The second kappa shape index (κ2) is 7.58. The summed E-state index contributed by atoms with van der Waals surface area (Å²) in [6.45, 7) is 14.5. The molecule has 0 aromatic heterocycles. The summed E-state index contributed by atoms with van der Waals surface area (Å²) in [6, 6.07) is 5.18. The van der Waals surface area contributed by atoms with Crippen molar-refractivity contribution in [2.24, 2.45) is 0 Å². The van der Waals surface area contributed by atoms with Gasteiger partial charge in [0, 0.05) is 19.0 Å². The Kier molecular flexibility index (Phi) is 5.78. The minimum atomic E-state index is -0.590. The second-order valence-corrected chi connectivity index (χ2v) is 10.1. The zero-order valence-corrected chi connectivity index (χ0v) is 18.7. The Morgan fingerprint density at radius 3 is 2.38 bits per heavy atom. The van der Waals surface area contributed by atoms with Gasteiger partial charge in [-0.05, 0) is 78.4 Å². The first kappa shape index (κ1) is 22.1. The van der Waals surface area contributed by atoms with E-state index in [4.69, 9.17) is 14.0 Å². The molecule has 29 heavy (non-hydrogen) atoms. The van der Waals surface area contributed by atoms with Gasteiger partial charge in [0.25, 0.3) is 0 Å². The van der Waals surface area contributed by atoms with Crippen LogP contribution >= 0.6 is 0 Å². The van der Waals surface area contributed by atoms with Crippen molar-refractivity contribution < 1.29 is 23.2 Å². The van der Waals surface area contributed by atoms with Crippen molar-refractivity contribution in [2.45, 2.75) is 84.0 Å². The highest BCUT2D eigenvalue weighted by Crippen LogP contribution is 2.37. The molecule has 7 heteroatoms. The van der Waals surface area contributed by atoms with E-state index in [9.17, 15) is 4.79 Å².